The SMILES string of the molecule is O=C(NCCc1ncon1)c1cccc(C#CCCO)c1. The average molecular weight is 285 g/mol. The summed E-state index contributed by atoms with van der Waals surface area (Å²) >= 11 is 0. The van der Waals surface area contributed by atoms with Crippen LogP contribution < -0.4 is 5.32 Å². The van der Waals surface area contributed by atoms with E-state index < -0.39 is 0 Å². The molecule has 21 heavy (non-hydrogen) atoms. The van der Waals surface area contributed by atoms with Crippen molar-refractivity contribution in [2.45, 2.75) is 12.8 Å². The predicted molar refractivity (Wildman–Crippen MR) is 75.4 cm³/mol. The van der Waals surface area contributed by atoms with Crippen molar-refractivity contribution in [2.24, 2.45) is 0 Å². The number of hydrogen-bond donors (Lipinski definition) is 2. The summed E-state index contributed by atoms with van der Waals surface area (Å²) in [6.07, 6.45) is 2.19. The maximum absolute atomic E-state index is 12.0. The molecule has 1 amide bonds. The normalized spacial score (nSPS) is 9.76. The van der Waals surface area contributed by atoms with E-state index in [2.05, 4.69) is 31.8 Å². The zero-order valence-corrected chi connectivity index (χ0v) is 11.4. The Morgan fingerprint density at radius 3 is 3.10 bits per heavy atom. The van der Waals surface area contributed by atoms with E-state index in [1.54, 1.807) is 18.2 Å². The van der Waals surface area contributed by atoms with Gasteiger partial charge in [-0.15, -0.1) is 0 Å². The number of aliphatic hydroxyl groups excluding tert-OH is 1. The molecule has 0 fully saturated rings. The Morgan fingerprint density at radius 1 is 1.43 bits per heavy atom. The van der Waals surface area contributed by atoms with Crippen LogP contribution in [0.5, 0.6) is 0 Å². The van der Waals surface area contributed by atoms with Crippen molar-refractivity contribution in [2.75, 3.05) is 13.2 Å². The highest BCUT2D eigenvalue weighted by Gasteiger charge is 2.06. The molecule has 0 unspecified atom stereocenters. The molecule has 0 saturated heterocycles. The van der Waals surface area contributed by atoms with Crippen LogP contribution >= 0.6 is 0 Å². The lowest BCUT2D eigenvalue weighted by atomic mass is 10.1. The largest absolute Gasteiger partial charge is 0.395 e. The minimum atomic E-state index is -0.177. The van der Waals surface area contributed by atoms with Crippen LogP contribution in [-0.4, -0.2) is 34.3 Å². The van der Waals surface area contributed by atoms with Gasteiger partial charge in [-0.2, -0.15) is 4.98 Å². The molecule has 0 aliphatic rings. The number of amides is 1. The second kappa shape index (κ2) is 7.82. The number of rotatable bonds is 5. The van der Waals surface area contributed by atoms with E-state index in [0.29, 0.717) is 30.8 Å². The van der Waals surface area contributed by atoms with Crippen molar-refractivity contribution in [3.05, 3.63) is 47.6 Å². The summed E-state index contributed by atoms with van der Waals surface area (Å²) in [6.45, 7) is 0.460. The molecular formula is C15H15N3O3. The molecule has 108 valence electrons. The predicted octanol–water partition coefficient (Wildman–Crippen LogP) is 0.776. The van der Waals surface area contributed by atoms with Gasteiger partial charge in [-0.05, 0) is 18.2 Å². The van der Waals surface area contributed by atoms with Gasteiger partial charge < -0.3 is 14.9 Å². The summed E-state index contributed by atoms with van der Waals surface area (Å²) in [6, 6.07) is 7.03. The Morgan fingerprint density at radius 2 is 2.33 bits per heavy atom. The smallest absolute Gasteiger partial charge is 0.251 e. The molecule has 0 saturated carbocycles. The minimum Gasteiger partial charge on any atom is -0.395 e. The van der Waals surface area contributed by atoms with Gasteiger partial charge in [-0.3, -0.25) is 4.79 Å². The fourth-order valence-electron chi connectivity index (χ4n) is 1.65. The van der Waals surface area contributed by atoms with Crippen LogP contribution in [0.4, 0.5) is 0 Å². The maximum Gasteiger partial charge on any atom is 0.251 e. The Balaban J connectivity index is 1.90. The quantitative estimate of drug-likeness (QED) is 0.792. The maximum atomic E-state index is 12.0. The number of nitrogens with zero attached hydrogens (tertiary/aromatic N) is 2. The van der Waals surface area contributed by atoms with Crippen LogP contribution in [0, 0.1) is 11.8 Å². The van der Waals surface area contributed by atoms with Gasteiger partial charge >= 0.3 is 0 Å². The summed E-state index contributed by atoms with van der Waals surface area (Å²) in [5.74, 6) is 6.10. The van der Waals surface area contributed by atoms with Gasteiger partial charge in [0.15, 0.2) is 5.82 Å². The van der Waals surface area contributed by atoms with Gasteiger partial charge in [0.05, 0.1) is 6.61 Å². The Hall–Kier alpha value is -2.65. The van der Waals surface area contributed by atoms with Crippen molar-refractivity contribution in [1.82, 2.24) is 15.5 Å². The van der Waals surface area contributed by atoms with Gasteiger partial charge in [0.25, 0.3) is 5.91 Å². The molecule has 0 aliphatic heterocycles. The third kappa shape index (κ3) is 4.75. The molecule has 0 radical (unpaired) electrons. The molecule has 0 spiro atoms. The van der Waals surface area contributed by atoms with Gasteiger partial charge in [0.2, 0.25) is 6.39 Å². The van der Waals surface area contributed by atoms with E-state index in [-0.39, 0.29) is 12.5 Å². The zero-order chi connectivity index (χ0) is 14.9. The monoisotopic (exact) mass is 285 g/mol. The van der Waals surface area contributed by atoms with Crippen molar-refractivity contribution >= 4 is 5.91 Å². The molecule has 6 heteroatoms. The minimum absolute atomic E-state index is 0.0310. The first-order valence-corrected chi connectivity index (χ1v) is 6.53. The lowest BCUT2D eigenvalue weighted by Crippen LogP contribution is -2.25. The van der Waals surface area contributed by atoms with Crippen LogP contribution in [0.1, 0.15) is 28.2 Å². The fourth-order valence-corrected chi connectivity index (χ4v) is 1.65. The second-order valence-corrected chi connectivity index (χ2v) is 4.21. The fraction of sp³-hybridized carbons (Fsp3) is 0.267. The van der Waals surface area contributed by atoms with E-state index in [4.69, 9.17) is 5.11 Å². The first kappa shape index (κ1) is 14.8. The third-order valence-corrected chi connectivity index (χ3v) is 2.64. The highest BCUT2D eigenvalue weighted by Crippen LogP contribution is 2.04. The van der Waals surface area contributed by atoms with Crippen LogP contribution in [0.15, 0.2) is 35.2 Å². The number of carbonyl (C=O) groups is 1. The van der Waals surface area contributed by atoms with Crippen molar-refractivity contribution < 1.29 is 14.4 Å². The molecule has 2 aromatic rings. The molecule has 2 rings (SSSR count). The summed E-state index contributed by atoms with van der Waals surface area (Å²) in [5.41, 5.74) is 1.29. The number of aliphatic hydroxyl groups is 1. The summed E-state index contributed by atoms with van der Waals surface area (Å²) in [4.78, 5) is 15.9. The standard InChI is InChI=1S/C15H15N3O3/c19-9-2-1-4-12-5-3-6-13(10-12)15(20)16-8-7-14-17-11-21-18-14/h3,5-6,10-11,19H,2,7-9H2,(H,16,20). The number of hydrogen-bond acceptors (Lipinski definition) is 5. The van der Waals surface area contributed by atoms with E-state index in [9.17, 15) is 4.79 Å². The van der Waals surface area contributed by atoms with Crippen molar-refractivity contribution in [3.8, 4) is 11.8 Å². The van der Waals surface area contributed by atoms with Crippen LogP contribution in [0.3, 0.4) is 0 Å². The molecule has 0 atom stereocenters. The lowest BCUT2D eigenvalue weighted by molar-refractivity contribution is 0.0954. The van der Waals surface area contributed by atoms with Gasteiger partial charge in [0, 0.05) is 30.5 Å². The summed E-state index contributed by atoms with van der Waals surface area (Å²) in [5, 5.41) is 15.1. The van der Waals surface area contributed by atoms with Crippen LogP contribution in [0.2, 0.25) is 0 Å². The second-order valence-electron chi connectivity index (χ2n) is 4.21. The molecule has 1 aromatic heterocycles. The number of nitrogens with one attached hydrogen (secondary N) is 1. The first-order valence-electron chi connectivity index (χ1n) is 6.53. The van der Waals surface area contributed by atoms with E-state index >= 15 is 0 Å². The molecule has 2 N–H and O–H groups in total. The molecule has 1 aromatic carbocycles. The number of aromatic nitrogens is 2. The summed E-state index contributed by atoms with van der Waals surface area (Å²) in [7, 11) is 0. The molecular weight excluding hydrogens is 270 g/mol. The van der Waals surface area contributed by atoms with E-state index in [1.807, 2.05) is 6.07 Å². The van der Waals surface area contributed by atoms with Gasteiger partial charge in [0.1, 0.15) is 0 Å². The molecule has 6 nitrogen and oxygen atoms in total. The molecule has 0 aliphatic carbocycles. The topological polar surface area (TPSA) is 88.3 Å². The number of carbonyl (C=O) groups excluding carboxylic acids is 1. The number of benzene rings is 1. The third-order valence-electron chi connectivity index (χ3n) is 2.64. The van der Waals surface area contributed by atoms with Crippen molar-refractivity contribution in [3.63, 3.8) is 0 Å². The van der Waals surface area contributed by atoms with Gasteiger partial charge in [-0.1, -0.05) is 23.1 Å². The van der Waals surface area contributed by atoms with Crippen molar-refractivity contribution in [1.29, 1.82) is 0 Å². The van der Waals surface area contributed by atoms with E-state index in [1.165, 1.54) is 6.39 Å². The zero-order valence-electron chi connectivity index (χ0n) is 11.4. The Labute approximate surface area is 122 Å². The van der Waals surface area contributed by atoms with Crippen LogP contribution in [0.25, 0.3) is 0 Å². The Kier molecular flexibility index (Phi) is 5.50. The van der Waals surface area contributed by atoms with E-state index in [0.717, 1.165) is 5.56 Å². The first-order chi connectivity index (χ1) is 10.3. The lowest BCUT2D eigenvalue weighted by Gasteiger charge is -2.04. The summed E-state index contributed by atoms with van der Waals surface area (Å²) < 4.78 is 4.61. The average Bonchev–Trinajstić information content (AvgIpc) is 3.01. The molecule has 0 bridgehead atoms. The Bertz CT molecular complexity index is 642. The van der Waals surface area contributed by atoms with Gasteiger partial charge in [-0.25, -0.2) is 0 Å². The van der Waals surface area contributed by atoms with Crippen LogP contribution in [-0.2, 0) is 6.42 Å². The highest BCUT2D eigenvalue weighted by atomic mass is 16.5. The molecule has 1 heterocycles. The highest BCUT2D eigenvalue weighted by molar-refractivity contribution is 5.94.